The second-order valence-electron chi connectivity index (χ2n) is 2.90. The summed E-state index contributed by atoms with van der Waals surface area (Å²) in [7, 11) is 0. The molecule has 0 aromatic carbocycles. The molecule has 2 N–H and O–H groups in total. The first kappa shape index (κ1) is 13.1. The van der Waals surface area contributed by atoms with Crippen LogP contribution in [0.15, 0.2) is 6.07 Å². The number of aromatic nitrogens is 1. The Bertz CT molecular complexity index is 391. The predicted molar refractivity (Wildman–Crippen MR) is 51.2 cm³/mol. The molecule has 0 aliphatic heterocycles. The highest BCUT2D eigenvalue weighted by molar-refractivity contribution is 9.08. The average Bonchev–Trinajstić information content (AvgIpc) is 2.14. The Morgan fingerprint density at radius 2 is 1.94 bits per heavy atom. The summed E-state index contributed by atoms with van der Waals surface area (Å²) in [5.41, 5.74) is 1.50. The maximum atomic E-state index is 12.4. The van der Waals surface area contributed by atoms with Crippen molar-refractivity contribution >= 4 is 21.6 Å². The molecule has 0 aliphatic rings. The van der Waals surface area contributed by atoms with E-state index in [1.54, 1.807) is 0 Å². The third kappa shape index (κ3) is 2.60. The molecule has 8 heteroatoms. The van der Waals surface area contributed by atoms with Gasteiger partial charge in [0.15, 0.2) is 0 Å². The van der Waals surface area contributed by atoms with Crippen molar-refractivity contribution < 1.29 is 22.0 Å². The number of pyridine rings is 1. The van der Waals surface area contributed by atoms with Crippen LogP contribution in [0.3, 0.4) is 0 Å². The van der Waals surface area contributed by atoms with E-state index >= 15 is 0 Å². The molecular formula is C8H6BrF5N2. The molecule has 0 radical (unpaired) electrons. The summed E-state index contributed by atoms with van der Waals surface area (Å²) >= 11 is 2.91. The Hall–Kier alpha value is -0.920. The van der Waals surface area contributed by atoms with Crippen LogP contribution in [-0.2, 0) is 11.5 Å². The minimum absolute atomic E-state index is 0.0285. The summed E-state index contributed by atoms with van der Waals surface area (Å²) in [4.78, 5) is 3.22. The van der Waals surface area contributed by atoms with Gasteiger partial charge in [-0.3, -0.25) is 4.98 Å². The fourth-order valence-electron chi connectivity index (χ4n) is 1.18. The Balaban J connectivity index is 3.46. The number of nitrogens with two attached hydrogens (primary N) is 1. The van der Waals surface area contributed by atoms with Crippen LogP contribution in [0.4, 0.5) is 27.6 Å². The standard InChI is InChI=1S/C8H6BrF5N2/c9-2-3-1-4(15)5(8(12,13)14)6(16-3)7(10)11/h1,7H,2H2,(H2,15,16). The zero-order chi connectivity index (χ0) is 12.5. The van der Waals surface area contributed by atoms with Crippen molar-refractivity contribution in [3.8, 4) is 0 Å². The normalized spacial score (nSPS) is 12.2. The molecule has 90 valence electrons. The van der Waals surface area contributed by atoms with E-state index in [-0.39, 0.29) is 11.0 Å². The predicted octanol–water partition coefficient (Wildman–Crippen LogP) is 3.52. The Kier molecular flexibility index (Phi) is 3.72. The highest BCUT2D eigenvalue weighted by Gasteiger charge is 2.39. The molecule has 0 amide bonds. The summed E-state index contributed by atoms with van der Waals surface area (Å²) in [5.74, 6) is 0. The molecular weight excluding hydrogens is 299 g/mol. The van der Waals surface area contributed by atoms with Crippen molar-refractivity contribution in [2.75, 3.05) is 5.73 Å². The van der Waals surface area contributed by atoms with E-state index in [0.29, 0.717) is 0 Å². The lowest BCUT2D eigenvalue weighted by molar-refractivity contribution is -0.139. The molecule has 0 saturated carbocycles. The highest BCUT2D eigenvalue weighted by atomic mass is 79.9. The van der Waals surface area contributed by atoms with Gasteiger partial charge >= 0.3 is 6.18 Å². The van der Waals surface area contributed by atoms with Crippen LogP contribution in [0, 0.1) is 0 Å². The summed E-state index contributed by atoms with van der Waals surface area (Å²) < 4.78 is 62.2. The Morgan fingerprint density at radius 1 is 1.38 bits per heavy atom. The van der Waals surface area contributed by atoms with Crippen LogP contribution < -0.4 is 5.73 Å². The van der Waals surface area contributed by atoms with Crippen LogP contribution >= 0.6 is 15.9 Å². The largest absolute Gasteiger partial charge is 0.420 e. The lowest BCUT2D eigenvalue weighted by Crippen LogP contribution is -2.15. The van der Waals surface area contributed by atoms with Gasteiger partial charge in [-0.1, -0.05) is 15.9 Å². The number of hydrogen-bond donors (Lipinski definition) is 1. The number of alkyl halides is 6. The first-order chi connectivity index (χ1) is 7.27. The third-order valence-electron chi connectivity index (χ3n) is 1.76. The van der Waals surface area contributed by atoms with Crippen molar-refractivity contribution in [1.29, 1.82) is 0 Å². The maximum absolute atomic E-state index is 12.4. The van der Waals surface area contributed by atoms with Gasteiger partial charge in [-0.05, 0) is 6.07 Å². The molecule has 1 rings (SSSR count). The number of hydrogen-bond acceptors (Lipinski definition) is 2. The Labute approximate surface area is 95.8 Å². The second-order valence-corrected chi connectivity index (χ2v) is 3.46. The zero-order valence-corrected chi connectivity index (χ0v) is 9.24. The fraction of sp³-hybridized carbons (Fsp3) is 0.375. The van der Waals surface area contributed by atoms with Gasteiger partial charge in [-0.25, -0.2) is 8.78 Å². The van der Waals surface area contributed by atoms with E-state index in [9.17, 15) is 22.0 Å². The van der Waals surface area contributed by atoms with Crippen molar-refractivity contribution in [3.63, 3.8) is 0 Å². The van der Waals surface area contributed by atoms with Gasteiger partial charge in [0.25, 0.3) is 6.43 Å². The van der Waals surface area contributed by atoms with Crippen LogP contribution in [0.2, 0.25) is 0 Å². The molecule has 1 aromatic heterocycles. The SMILES string of the molecule is Nc1cc(CBr)nc(C(F)F)c1C(F)(F)F. The smallest absolute Gasteiger partial charge is 0.398 e. The van der Waals surface area contributed by atoms with Gasteiger partial charge in [-0.2, -0.15) is 13.2 Å². The summed E-state index contributed by atoms with van der Waals surface area (Å²) in [6, 6.07) is 0.920. The van der Waals surface area contributed by atoms with Crippen molar-refractivity contribution in [3.05, 3.63) is 23.0 Å². The first-order valence-corrected chi connectivity index (χ1v) is 5.10. The quantitative estimate of drug-likeness (QED) is 0.671. The van der Waals surface area contributed by atoms with E-state index in [1.165, 1.54) is 0 Å². The average molecular weight is 305 g/mol. The molecule has 1 heterocycles. The number of anilines is 1. The highest BCUT2D eigenvalue weighted by Crippen LogP contribution is 2.39. The molecule has 2 nitrogen and oxygen atoms in total. The van der Waals surface area contributed by atoms with Gasteiger partial charge in [0.2, 0.25) is 0 Å². The van der Waals surface area contributed by atoms with E-state index in [4.69, 9.17) is 5.73 Å². The van der Waals surface area contributed by atoms with Crippen LogP contribution in [-0.4, -0.2) is 4.98 Å². The lowest BCUT2D eigenvalue weighted by Gasteiger charge is -2.15. The molecule has 0 bridgehead atoms. The Morgan fingerprint density at radius 3 is 2.31 bits per heavy atom. The van der Waals surface area contributed by atoms with Crippen molar-refractivity contribution in [2.24, 2.45) is 0 Å². The van der Waals surface area contributed by atoms with Gasteiger partial charge in [-0.15, -0.1) is 0 Å². The van der Waals surface area contributed by atoms with Gasteiger partial charge < -0.3 is 5.73 Å². The summed E-state index contributed by atoms with van der Waals surface area (Å²) in [6.45, 7) is 0. The first-order valence-electron chi connectivity index (χ1n) is 3.98. The number of nitrogens with zero attached hydrogens (tertiary/aromatic N) is 1. The lowest BCUT2D eigenvalue weighted by atomic mass is 10.1. The molecule has 0 unspecified atom stereocenters. The molecule has 16 heavy (non-hydrogen) atoms. The monoisotopic (exact) mass is 304 g/mol. The summed E-state index contributed by atoms with van der Waals surface area (Å²) in [6.07, 6.45) is -8.26. The molecule has 0 atom stereocenters. The zero-order valence-electron chi connectivity index (χ0n) is 7.65. The third-order valence-corrected chi connectivity index (χ3v) is 2.33. The van der Waals surface area contributed by atoms with Gasteiger partial charge in [0.1, 0.15) is 11.3 Å². The molecule has 0 saturated heterocycles. The summed E-state index contributed by atoms with van der Waals surface area (Å²) in [5, 5.41) is 0.0507. The van der Waals surface area contributed by atoms with Crippen LogP contribution in [0.25, 0.3) is 0 Å². The van der Waals surface area contributed by atoms with E-state index < -0.39 is 29.5 Å². The number of halogens is 6. The fourth-order valence-corrected chi connectivity index (χ4v) is 1.46. The maximum Gasteiger partial charge on any atom is 0.420 e. The minimum Gasteiger partial charge on any atom is -0.398 e. The second kappa shape index (κ2) is 4.52. The van der Waals surface area contributed by atoms with Crippen molar-refractivity contribution in [1.82, 2.24) is 4.98 Å². The molecule has 0 spiro atoms. The van der Waals surface area contributed by atoms with Crippen LogP contribution in [0.5, 0.6) is 0 Å². The van der Waals surface area contributed by atoms with E-state index in [2.05, 4.69) is 20.9 Å². The topological polar surface area (TPSA) is 38.9 Å². The molecule has 0 aliphatic carbocycles. The minimum atomic E-state index is -4.94. The van der Waals surface area contributed by atoms with Gasteiger partial charge in [0.05, 0.1) is 5.69 Å². The molecule has 0 fully saturated rings. The van der Waals surface area contributed by atoms with E-state index in [1.807, 2.05) is 0 Å². The number of rotatable bonds is 2. The van der Waals surface area contributed by atoms with Gasteiger partial charge in [0, 0.05) is 11.0 Å². The number of nitrogen functional groups attached to an aromatic ring is 1. The van der Waals surface area contributed by atoms with Crippen LogP contribution in [0.1, 0.15) is 23.4 Å². The molecule has 1 aromatic rings. The van der Waals surface area contributed by atoms with E-state index in [0.717, 1.165) is 6.07 Å². The van der Waals surface area contributed by atoms with Crippen molar-refractivity contribution in [2.45, 2.75) is 17.9 Å².